The van der Waals surface area contributed by atoms with Crippen LogP contribution < -0.4 is 0 Å². The average Bonchev–Trinajstić information content (AvgIpc) is 2.71. The topological polar surface area (TPSA) is 17.3 Å². The Bertz CT molecular complexity index is 786. The summed E-state index contributed by atoms with van der Waals surface area (Å²) in [6.45, 7) is 0. The van der Waals surface area contributed by atoms with Crippen molar-refractivity contribution in [1.29, 1.82) is 0 Å². The van der Waals surface area contributed by atoms with E-state index in [0.29, 0.717) is 10.2 Å². The highest BCUT2D eigenvalue weighted by Gasteiger charge is 2.10. The SMILES string of the molecule is Cn1c(Cl)c(C=Nc2ccc(Cl)cc2)c2ccccc21. The fourth-order valence-electron chi connectivity index (χ4n) is 2.18. The molecule has 100 valence electrons. The zero-order valence-corrected chi connectivity index (χ0v) is 12.4. The van der Waals surface area contributed by atoms with Gasteiger partial charge in [-0.1, -0.05) is 41.4 Å². The molecule has 0 unspecified atom stereocenters. The molecule has 4 heteroatoms. The molecular formula is C16H12Cl2N2. The van der Waals surface area contributed by atoms with E-state index in [4.69, 9.17) is 23.2 Å². The van der Waals surface area contributed by atoms with Crippen molar-refractivity contribution in [1.82, 2.24) is 4.57 Å². The fourth-order valence-corrected chi connectivity index (χ4v) is 2.55. The Balaban J connectivity index is 2.06. The second-order valence-corrected chi connectivity index (χ2v) is 5.31. The molecule has 0 saturated carbocycles. The molecule has 0 aliphatic carbocycles. The van der Waals surface area contributed by atoms with Crippen molar-refractivity contribution in [2.24, 2.45) is 12.0 Å². The largest absolute Gasteiger partial charge is 0.334 e. The molecule has 0 fully saturated rings. The van der Waals surface area contributed by atoms with Crippen molar-refractivity contribution in [3.63, 3.8) is 0 Å². The lowest BCUT2D eigenvalue weighted by atomic mass is 10.2. The Morgan fingerprint density at radius 2 is 1.70 bits per heavy atom. The Hall–Kier alpha value is -1.77. The molecule has 3 aromatic rings. The van der Waals surface area contributed by atoms with Crippen LogP contribution in [0.25, 0.3) is 10.9 Å². The van der Waals surface area contributed by atoms with Crippen LogP contribution in [-0.2, 0) is 7.05 Å². The van der Waals surface area contributed by atoms with Gasteiger partial charge >= 0.3 is 0 Å². The van der Waals surface area contributed by atoms with Crippen molar-refractivity contribution in [3.8, 4) is 0 Å². The second kappa shape index (κ2) is 5.31. The van der Waals surface area contributed by atoms with Gasteiger partial charge in [-0.3, -0.25) is 4.99 Å². The Morgan fingerprint density at radius 1 is 1.00 bits per heavy atom. The first kappa shape index (κ1) is 13.2. The molecule has 0 spiro atoms. The van der Waals surface area contributed by atoms with Crippen LogP contribution in [-0.4, -0.2) is 10.8 Å². The maximum Gasteiger partial charge on any atom is 0.118 e. The fraction of sp³-hybridized carbons (Fsp3) is 0.0625. The minimum atomic E-state index is 0.684. The highest BCUT2D eigenvalue weighted by Crippen LogP contribution is 2.28. The number of para-hydroxylation sites is 1. The summed E-state index contributed by atoms with van der Waals surface area (Å²) in [5.41, 5.74) is 2.87. The van der Waals surface area contributed by atoms with Gasteiger partial charge in [0.05, 0.1) is 5.69 Å². The number of fused-ring (bicyclic) bond motifs is 1. The molecule has 1 aromatic heterocycles. The van der Waals surface area contributed by atoms with Crippen LogP contribution in [0.15, 0.2) is 53.5 Å². The lowest BCUT2D eigenvalue weighted by Gasteiger charge is -1.95. The summed E-state index contributed by atoms with van der Waals surface area (Å²) in [6.07, 6.45) is 1.80. The first-order valence-electron chi connectivity index (χ1n) is 6.19. The van der Waals surface area contributed by atoms with Gasteiger partial charge in [-0.05, 0) is 30.3 Å². The lowest BCUT2D eigenvalue weighted by molar-refractivity contribution is 0.969. The molecule has 0 bridgehead atoms. The first-order valence-corrected chi connectivity index (χ1v) is 6.95. The molecule has 0 saturated heterocycles. The molecule has 0 N–H and O–H groups in total. The Morgan fingerprint density at radius 3 is 2.45 bits per heavy atom. The summed E-state index contributed by atoms with van der Waals surface area (Å²) in [5, 5.41) is 2.48. The summed E-state index contributed by atoms with van der Waals surface area (Å²) < 4.78 is 1.96. The summed E-state index contributed by atoms with van der Waals surface area (Å²) >= 11 is 12.2. The van der Waals surface area contributed by atoms with E-state index >= 15 is 0 Å². The third-order valence-electron chi connectivity index (χ3n) is 3.24. The van der Waals surface area contributed by atoms with Gasteiger partial charge in [0.15, 0.2) is 0 Å². The minimum absolute atomic E-state index is 0.684. The molecule has 0 aliphatic heterocycles. The third-order valence-corrected chi connectivity index (χ3v) is 3.95. The number of aliphatic imine (C=N–C) groups is 1. The number of nitrogens with zero attached hydrogens (tertiary/aromatic N) is 2. The molecule has 3 rings (SSSR count). The van der Waals surface area contributed by atoms with E-state index < -0.39 is 0 Å². The van der Waals surface area contributed by atoms with E-state index in [-0.39, 0.29) is 0 Å². The number of aryl methyl sites for hydroxylation is 1. The number of aromatic nitrogens is 1. The van der Waals surface area contributed by atoms with Crippen LogP contribution in [0.3, 0.4) is 0 Å². The van der Waals surface area contributed by atoms with Crippen LogP contribution in [0.4, 0.5) is 5.69 Å². The van der Waals surface area contributed by atoms with Crippen molar-refractivity contribution >= 4 is 46.0 Å². The summed E-state index contributed by atoms with van der Waals surface area (Å²) in [4.78, 5) is 4.46. The van der Waals surface area contributed by atoms with E-state index in [9.17, 15) is 0 Å². The predicted molar refractivity (Wildman–Crippen MR) is 86.6 cm³/mol. The number of rotatable bonds is 2. The monoisotopic (exact) mass is 302 g/mol. The van der Waals surface area contributed by atoms with Crippen LogP contribution in [0.5, 0.6) is 0 Å². The first-order chi connectivity index (χ1) is 9.66. The van der Waals surface area contributed by atoms with E-state index in [1.807, 2.05) is 60.1 Å². The van der Waals surface area contributed by atoms with Crippen molar-refractivity contribution in [3.05, 3.63) is 64.3 Å². The van der Waals surface area contributed by atoms with Crippen LogP contribution >= 0.6 is 23.2 Å². The normalized spacial score (nSPS) is 11.6. The molecule has 0 amide bonds. The van der Waals surface area contributed by atoms with Crippen molar-refractivity contribution in [2.45, 2.75) is 0 Å². The van der Waals surface area contributed by atoms with Gasteiger partial charge in [0.2, 0.25) is 0 Å². The number of benzene rings is 2. The maximum atomic E-state index is 6.38. The van der Waals surface area contributed by atoms with Crippen LogP contribution in [0.1, 0.15) is 5.56 Å². The number of halogens is 2. The van der Waals surface area contributed by atoms with Crippen molar-refractivity contribution < 1.29 is 0 Å². The van der Waals surface area contributed by atoms with Gasteiger partial charge in [-0.15, -0.1) is 0 Å². The van der Waals surface area contributed by atoms with Gasteiger partial charge in [0.25, 0.3) is 0 Å². The maximum absolute atomic E-state index is 6.38. The molecule has 20 heavy (non-hydrogen) atoms. The quantitative estimate of drug-likeness (QED) is 0.576. The standard InChI is InChI=1S/C16H12Cl2N2/c1-20-15-5-3-2-4-13(15)14(16(20)18)10-19-12-8-6-11(17)7-9-12/h2-10H,1H3. The molecule has 0 radical (unpaired) electrons. The summed E-state index contributed by atoms with van der Waals surface area (Å²) in [6, 6.07) is 15.5. The lowest BCUT2D eigenvalue weighted by Crippen LogP contribution is -1.86. The van der Waals surface area contributed by atoms with Gasteiger partial charge in [0, 0.05) is 34.8 Å². The van der Waals surface area contributed by atoms with Crippen LogP contribution in [0, 0.1) is 0 Å². The van der Waals surface area contributed by atoms with E-state index in [1.54, 1.807) is 6.21 Å². The molecular weight excluding hydrogens is 291 g/mol. The minimum Gasteiger partial charge on any atom is -0.334 e. The van der Waals surface area contributed by atoms with Gasteiger partial charge < -0.3 is 4.57 Å². The molecule has 1 heterocycles. The third kappa shape index (κ3) is 2.33. The molecule has 2 nitrogen and oxygen atoms in total. The van der Waals surface area contributed by atoms with E-state index in [0.717, 1.165) is 22.2 Å². The molecule has 2 aromatic carbocycles. The highest BCUT2D eigenvalue weighted by atomic mass is 35.5. The number of hydrogen-bond acceptors (Lipinski definition) is 1. The average molecular weight is 303 g/mol. The second-order valence-electron chi connectivity index (χ2n) is 4.52. The predicted octanol–water partition coefficient (Wildman–Crippen LogP) is 5.24. The van der Waals surface area contributed by atoms with Crippen LogP contribution in [0.2, 0.25) is 10.2 Å². The van der Waals surface area contributed by atoms with E-state index in [1.165, 1.54) is 0 Å². The summed E-state index contributed by atoms with van der Waals surface area (Å²) in [7, 11) is 1.95. The highest BCUT2D eigenvalue weighted by molar-refractivity contribution is 6.34. The summed E-state index contributed by atoms with van der Waals surface area (Å²) in [5.74, 6) is 0. The van der Waals surface area contributed by atoms with Gasteiger partial charge in [0.1, 0.15) is 5.15 Å². The zero-order chi connectivity index (χ0) is 14.1. The number of hydrogen-bond donors (Lipinski definition) is 0. The van der Waals surface area contributed by atoms with Gasteiger partial charge in [-0.25, -0.2) is 0 Å². The van der Waals surface area contributed by atoms with E-state index in [2.05, 4.69) is 4.99 Å². The zero-order valence-electron chi connectivity index (χ0n) is 10.8. The van der Waals surface area contributed by atoms with Gasteiger partial charge in [-0.2, -0.15) is 0 Å². The molecule has 0 aliphatic rings. The Labute approximate surface area is 127 Å². The Kier molecular flexibility index (Phi) is 3.51. The van der Waals surface area contributed by atoms with Crippen molar-refractivity contribution in [2.75, 3.05) is 0 Å². The molecule has 0 atom stereocenters. The smallest absolute Gasteiger partial charge is 0.118 e.